The summed E-state index contributed by atoms with van der Waals surface area (Å²) >= 11 is 1.55. The van der Waals surface area contributed by atoms with Crippen LogP contribution in [0, 0.1) is 6.92 Å². The number of nitrogens with zero attached hydrogens (tertiary/aromatic N) is 2. The van der Waals surface area contributed by atoms with Gasteiger partial charge in [0.25, 0.3) is 5.91 Å². The molecule has 0 saturated carbocycles. The van der Waals surface area contributed by atoms with E-state index in [1.54, 1.807) is 29.7 Å². The van der Waals surface area contributed by atoms with Crippen molar-refractivity contribution < 1.29 is 27.5 Å². The lowest BCUT2D eigenvalue weighted by molar-refractivity contribution is -0.155. The first-order valence-corrected chi connectivity index (χ1v) is 13.6. The molecule has 3 fully saturated rings. The van der Waals surface area contributed by atoms with E-state index in [0.717, 1.165) is 19.3 Å². The number of fused-ring (bicyclic) bond motifs is 1. The van der Waals surface area contributed by atoms with Gasteiger partial charge >= 0.3 is 5.97 Å². The van der Waals surface area contributed by atoms with Gasteiger partial charge in [-0.25, -0.2) is 13.2 Å². The Kier molecular flexibility index (Phi) is 6.75. The molecule has 9 nitrogen and oxygen atoms in total. The van der Waals surface area contributed by atoms with Gasteiger partial charge in [-0.1, -0.05) is 12.5 Å². The summed E-state index contributed by atoms with van der Waals surface area (Å²) in [7, 11) is -3.64. The van der Waals surface area contributed by atoms with Crippen molar-refractivity contribution in [1.29, 1.82) is 0 Å². The van der Waals surface area contributed by atoms with Gasteiger partial charge in [-0.3, -0.25) is 9.59 Å². The minimum atomic E-state index is -3.64. The Morgan fingerprint density at radius 3 is 2.70 bits per heavy atom. The van der Waals surface area contributed by atoms with Gasteiger partial charge in [-0.2, -0.15) is 4.31 Å². The van der Waals surface area contributed by atoms with Crippen molar-refractivity contribution in [3.63, 3.8) is 0 Å². The van der Waals surface area contributed by atoms with Crippen molar-refractivity contribution in [2.45, 2.75) is 61.8 Å². The normalized spacial score (nSPS) is 25.7. The molecule has 3 saturated heterocycles. The van der Waals surface area contributed by atoms with Crippen molar-refractivity contribution in [3.8, 4) is 0 Å². The largest absolute Gasteiger partial charge is 0.454 e. The topological polar surface area (TPSA) is 113 Å². The Hall–Kier alpha value is -2.11. The highest BCUT2D eigenvalue weighted by Gasteiger charge is 2.53. The molecule has 33 heavy (non-hydrogen) atoms. The zero-order valence-electron chi connectivity index (χ0n) is 18.8. The molecule has 2 amide bonds. The van der Waals surface area contributed by atoms with Crippen molar-refractivity contribution in [1.82, 2.24) is 9.21 Å². The number of benzene rings is 1. The third kappa shape index (κ3) is 4.76. The van der Waals surface area contributed by atoms with E-state index in [1.807, 2.05) is 6.92 Å². The van der Waals surface area contributed by atoms with Crippen LogP contribution in [0.3, 0.4) is 0 Å². The van der Waals surface area contributed by atoms with E-state index in [0.29, 0.717) is 42.9 Å². The summed E-state index contributed by atoms with van der Waals surface area (Å²) in [5.41, 5.74) is 1.05. The van der Waals surface area contributed by atoms with Gasteiger partial charge in [0.15, 0.2) is 6.61 Å². The number of ether oxygens (including phenoxy) is 1. The highest BCUT2D eigenvalue weighted by Crippen LogP contribution is 2.47. The van der Waals surface area contributed by atoms with Crippen LogP contribution in [0.1, 0.15) is 44.6 Å². The number of nitrogens with one attached hydrogen (secondary N) is 1. The van der Waals surface area contributed by atoms with E-state index in [2.05, 4.69) is 5.32 Å². The maximum Gasteiger partial charge on any atom is 0.330 e. The second-order valence-corrected chi connectivity index (χ2v) is 12.3. The number of carbonyl (C=O) groups is 3. The van der Waals surface area contributed by atoms with Gasteiger partial charge < -0.3 is 15.0 Å². The number of piperidine rings is 1. The summed E-state index contributed by atoms with van der Waals surface area (Å²) in [4.78, 5) is 38.5. The number of anilines is 1. The van der Waals surface area contributed by atoms with E-state index in [-0.39, 0.29) is 15.7 Å². The van der Waals surface area contributed by atoms with Crippen LogP contribution >= 0.6 is 11.8 Å². The van der Waals surface area contributed by atoms with Gasteiger partial charge in [0, 0.05) is 31.0 Å². The van der Waals surface area contributed by atoms with Crippen LogP contribution in [0.25, 0.3) is 0 Å². The van der Waals surface area contributed by atoms with Gasteiger partial charge in [0.1, 0.15) is 6.04 Å². The molecule has 4 rings (SSSR count). The number of hydrogen-bond donors (Lipinski definition) is 1. The lowest BCUT2D eigenvalue weighted by Crippen LogP contribution is -2.47. The second kappa shape index (κ2) is 9.27. The van der Waals surface area contributed by atoms with Crippen molar-refractivity contribution in [2.75, 3.05) is 30.8 Å². The smallest absolute Gasteiger partial charge is 0.330 e. The lowest BCUT2D eigenvalue weighted by Gasteiger charge is -2.29. The molecule has 2 atom stereocenters. The molecule has 0 bridgehead atoms. The quantitative estimate of drug-likeness (QED) is 0.602. The molecule has 180 valence electrons. The van der Waals surface area contributed by atoms with Gasteiger partial charge in [0.2, 0.25) is 15.9 Å². The Morgan fingerprint density at radius 2 is 1.97 bits per heavy atom. The SMILES string of the molecule is Cc1ccc(S(=O)(=O)N2CCCCC2)cc1NC(=O)COC(=O)[C@@H]1CS[C@@]2(C)CCC(=O)N12. The molecule has 0 radical (unpaired) electrons. The van der Waals surface area contributed by atoms with Crippen LogP contribution in [0.15, 0.2) is 23.1 Å². The molecular formula is C22H29N3O6S2. The fourth-order valence-corrected chi connectivity index (χ4v) is 7.53. The average Bonchev–Trinajstić information content (AvgIpc) is 3.29. The number of rotatable bonds is 6. The number of amides is 2. The fourth-order valence-electron chi connectivity index (χ4n) is 4.56. The van der Waals surface area contributed by atoms with Gasteiger partial charge in [0.05, 0.1) is 9.77 Å². The third-order valence-electron chi connectivity index (χ3n) is 6.50. The first-order chi connectivity index (χ1) is 15.6. The molecular weight excluding hydrogens is 466 g/mol. The summed E-state index contributed by atoms with van der Waals surface area (Å²) in [6, 6.07) is 3.94. The summed E-state index contributed by atoms with van der Waals surface area (Å²) in [5.74, 6) is -0.802. The van der Waals surface area contributed by atoms with E-state index < -0.39 is 34.5 Å². The molecule has 0 spiro atoms. The highest BCUT2D eigenvalue weighted by atomic mass is 32.2. The zero-order valence-corrected chi connectivity index (χ0v) is 20.5. The first-order valence-electron chi connectivity index (χ1n) is 11.2. The van der Waals surface area contributed by atoms with E-state index in [4.69, 9.17) is 4.74 Å². The Bertz CT molecular complexity index is 1070. The molecule has 0 unspecified atom stereocenters. The van der Waals surface area contributed by atoms with Crippen molar-refractivity contribution >= 4 is 45.3 Å². The predicted octanol–water partition coefficient (Wildman–Crippen LogP) is 2.11. The Labute approximate surface area is 198 Å². The number of aryl methyl sites for hydroxylation is 1. The Balaban J connectivity index is 1.38. The number of thioether (sulfide) groups is 1. The molecule has 0 aliphatic carbocycles. The first kappa shape index (κ1) is 24.0. The average molecular weight is 496 g/mol. The lowest BCUT2D eigenvalue weighted by atomic mass is 10.2. The minimum Gasteiger partial charge on any atom is -0.454 e. The van der Waals surface area contributed by atoms with Crippen molar-refractivity contribution in [2.24, 2.45) is 0 Å². The minimum absolute atomic E-state index is 0.0729. The predicted molar refractivity (Wildman–Crippen MR) is 124 cm³/mol. The summed E-state index contributed by atoms with van der Waals surface area (Å²) < 4.78 is 32.6. The highest BCUT2D eigenvalue weighted by molar-refractivity contribution is 8.01. The monoisotopic (exact) mass is 495 g/mol. The van der Waals surface area contributed by atoms with Crippen LogP contribution in [0.4, 0.5) is 5.69 Å². The number of esters is 1. The molecule has 1 aromatic rings. The van der Waals surface area contributed by atoms with Crippen LogP contribution in [-0.2, 0) is 29.1 Å². The second-order valence-electron chi connectivity index (χ2n) is 8.86. The van der Waals surface area contributed by atoms with Gasteiger partial charge in [-0.15, -0.1) is 11.8 Å². The molecule has 0 aromatic heterocycles. The number of carbonyl (C=O) groups excluding carboxylic acids is 3. The number of hydrogen-bond acceptors (Lipinski definition) is 7. The maximum absolute atomic E-state index is 13.0. The van der Waals surface area contributed by atoms with E-state index in [9.17, 15) is 22.8 Å². The van der Waals surface area contributed by atoms with Crippen LogP contribution in [-0.4, -0.2) is 71.8 Å². The maximum atomic E-state index is 13.0. The molecule has 3 aliphatic rings. The van der Waals surface area contributed by atoms with Gasteiger partial charge in [-0.05, 0) is 50.8 Å². The van der Waals surface area contributed by atoms with Crippen LogP contribution in [0.2, 0.25) is 0 Å². The standard InChI is InChI=1S/C22H29N3O6S2/c1-15-6-7-16(33(29,30)24-10-4-3-5-11-24)12-17(15)23-19(26)13-31-21(28)18-14-32-22(2)9-8-20(27)25(18)22/h6-7,12,18H,3-5,8-11,13-14H2,1-2H3,(H,23,26)/t18-,22-/m0/s1. The fraction of sp³-hybridized carbons (Fsp3) is 0.591. The number of sulfonamides is 1. The molecule has 1 aromatic carbocycles. The Morgan fingerprint density at radius 1 is 1.24 bits per heavy atom. The molecule has 3 heterocycles. The van der Waals surface area contributed by atoms with E-state index in [1.165, 1.54) is 16.4 Å². The zero-order chi connectivity index (χ0) is 23.8. The van der Waals surface area contributed by atoms with Crippen LogP contribution in [0.5, 0.6) is 0 Å². The van der Waals surface area contributed by atoms with E-state index >= 15 is 0 Å². The third-order valence-corrected chi connectivity index (χ3v) is 9.90. The molecule has 11 heteroatoms. The van der Waals surface area contributed by atoms with Crippen molar-refractivity contribution in [3.05, 3.63) is 23.8 Å². The molecule has 3 aliphatic heterocycles. The summed E-state index contributed by atoms with van der Waals surface area (Å²) in [5, 5.41) is 2.65. The van der Waals surface area contributed by atoms with Crippen LogP contribution < -0.4 is 5.32 Å². The summed E-state index contributed by atoms with van der Waals surface area (Å²) in [6.45, 7) is 4.17. The molecule has 1 N–H and O–H groups in total. The summed E-state index contributed by atoms with van der Waals surface area (Å²) in [6.07, 6.45) is 3.79.